The zero-order valence-electron chi connectivity index (χ0n) is 19.3. The highest BCUT2D eigenvalue weighted by Gasteiger charge is 2.44. The van der Waals surface area contributed by atoms with E-state index in [1.165, 1.54) is 7.11 Å². The van der Waals surface area contributed by atoms with Gasteiger partial charge in [-0.2, -0.15) is 0 Å². The van der Waals surface area contributed by atoms with Crippen molar-refractivity contribution in [3.05, 3.63) is 23.8 Å². The minimum atomic E-state index is -1.45. The maximum absolute atomic E-state index is 13.3. The number of esters is 1. The molecule has 2 rings (SSSR count). The Hall–Kier alpha value is -3.01. The van der Waals surface area contributed by atoms with Crippen molar-refractivity contribution in [1.29, 1.82) is 0 Å². The summed E-state index contributed by atoms with van der Waals surface area (Å²) in [6.45, 7) is 8.56. The summed E-state index contributed by atoms with van der Waals surface area (Å²) in [6, 6.07) is 1.46. The van der Waals surface area contributed by atoms with Gasteiger partial charge in [0.15, 0.2) is 11.5 Å². The van der Waals surface area contributed by atoms with Crippen molar-refractivity contribution in [1.82, 2.24) is 4.90 Å². The van der Waals surface area contributed by atoms with Gasteiger partial charge < -0.3 is 29.8 Å². The molecule has 1 aliphatic heterocycles. The molecule has 1 aromatic rings. The van der Waals surface area contributed by atoms with Gasteiger partial charge in [-0.05, 0) is 44.4 Å². The van der Waals surface area contributed by atoms with Gasteiger partial charge in [0.05, 0.1) is 13.2 Å². The van der Waals surface area contributed by atoms with E-state index in [1.807, 2.05) is 0 Å². The molecule has 0 bridgehead atoms. The highest BCUT2D eigenvalue weighted by molar-refractivity contribution is 5.83. The number of amides is 1. The van der Waals surface area contributed by atoms with Gasteiger partial charge in [-0.15, -0.1) is 0 Å². The number of ether oxygens (including phenoxy) is 4. The Balaban J connectivity index is 2.53. The van der Waals surface area contributed by atoms with Crippen LogP contribution in [0.2, 0.25) is 0 Å². The first kappa shape index (κ1) is 25.3. The Morgan fingerprint density at radius 1 is 1.19 bits per heavy atom. The summed E-state index contributed by atoms with van der Waals surface area (Å²) in [5, 5.41) is 9.59. The molecule has 2 unspecified atom stereocenters. The van der Waals surface area contributed by atoms with E-state index in [2.05, 4.69) is 0 Å². The van der Waals surface area contributed by atoms with E-state index in [0.29, 0.717) is 17.1 Å². The first-order valence-electron chi connectivity index (χ1n) is 10.3. The van der Waals surface area contributed by atoms with Crippen LogP contribution in [0.3, 0.4) is 0 Å². The van der Waals surface area contributed by atoms with Crippen LogP contribution in [-0.2, 0) is 25.5 Å². The molecular formula is C22H32N2O8. The van der Waals surface area contributed by atoms with Gasteiger partial charge in [0, 0.05) is 6.42 Å². The Morgan fingerprint density at radius 2 is 1.81 bits per heavy atom. The van der Waals surface area contributed by atoms with Gasteiger partial charge in [0.1, 0.15) is 17.7 Å². The lowest BCUT2D eigenvalue weighted by Gasteiger charge is -2.41. The van der Waals surface area contributed by atoms with E-state index in [0.717, 1.165) is 4.90 Å². The SMILES string of the molecule is COC(=O)C(Cc1ccc2c(c1)OCO2)N(C(=O)OC(C)(C)C)C(C(C)C)[C@H](N)C(=O)O. The molecule has 3 N–H and O–H groups in total. The second kappa shape index (κ2) is 10.1. The van der Waals surface area contributed by atoms with Crippen molar-refractivity contribution >= 4 is 18.0 Å². The molecule has 0 spiro atoms. The molecule has 0 aliphatic carbocycles. The molecule has 178 valence electrons. The number of carbonyl (C=O) groups excluding carboxylic acids is 2. The Morgan fingerprint density at radius 3 is 2.34 bits per heavy atom. The van der Waals surface area contributed by atoms with Crippen LogP contribution in [0.15, 0.2) is 18.2 Å². The van der Waals surface area contributed by atoms with Crippen molar-refractivity contribution in [3.8, 4) is 11.5 Å². The quantitative estimate of drug-likeness (QED) is 0.568. The Labute approximate surface area is 187 Å². The Bertz CT molecular complexity index is 849. The van der Waals surface area contributed by atoms with Crippen LogP contribution in [0, 0.1) is 5.92 Å². The number of methoxy groups -OCH3 is 1. The van der Waals surface area contributed by atoms with Crippen LogP contribution in [0.5, 0.6) is 11.5 Å². The second-order valence-corrected chi connectivity index (χ2v) is 8.92. The van der Waals surface area contributed by atoms with E-state index in [9.17, 15) is 19.5 Å². The van der Waals surface area contributed by atoms with E-state index in [1.54, 1.807) is 52.8 Å². The summed E-state index contributed by atoms with van der Waals surface area (Å²) in [7, 11) is 1.20. The summed E-state index contributed by atoms with van der Waals surface area (Å²) >= 11 is 0. The minimum Gasteiger partial charge on any atom is -0.480 e. The number of carboxylic acid groups (broad SMARTS) is 1. The fourth-order valence-corrected chi connectivity index (χ4v) is 3.55. The van der Waals surface area contributed by atoms with E-state index >= 15 is 0 Å². The summed E-state index contributed by atoms with van der Waals surface area (Å²) in [5.41, 5.74) is 5.74. The third-order valence-electron chi connectivity index (χ3n) is 4.94. The lowest BCUT2D eigenvalue weighted by Crippen LogP contribution is -2.62. The first-order valence-corrected chi connectivity index (χ1v) is 10.3. The van der Waals surface area contributed by atoms with Crippen LogP contribution in [-0.4, -0.2) is 65.7 Å². The van der Waals surface area contributed by atoms with E-state index < -0.39 is 47.7 Å². The van der Waals surface area contributed by atoms with Gasteiger partial charge >= 0.3 is 18.0 Å². The maximum atomic E-state index is 13.3. The standard InChI is InChI=1S/C22H32N2O8/c1-12(2)18(17(23)19(25)26)24(21(28)32-22(3,4)5)14(20(27)29-6)9-13-7-8-15-16(10-13)31-11-30-15/h7-8,10,12,14,17-18H,9,11,23H2,1-6H3,(H,25,26)/t14?,17-,18?/m0/s1. The largest absolute Gasteiger partial charge is 0.480 e. The molecule has 0 saturated carbocycles. The fourth-order valence-electron chi connectivity index (χ4n) is 3.55. The minimum absolute atomic E-state index is 0.0259. The summed E-state index contributed by atoms with van der Waals surface area (Å²) in [6.07, 6.45) is -0.831. The number of nitrogens with zero attached hydrogens (tertiary/aromatic N) is 1. The number of carboxylic acids is 1. The van der Waals surface area contributed by atoms with Crippen LogP contribution >= 0.6 is 0 Å². The smallest absolute Gasteiger partial charge is 0.411 e. The Kier molecular flexibility index (Phi) is 7.95. The molecule has 10 nitrogen and oxygen atoms in total. The number of carbonyl (C=O) groups is 3. The summed E-state index contributed by atoms with van der Waals surface area (Å²) in [5.74, 6) is -1.35. The van der Waals surface area contributed by atoms with Crippen LogP contribution in [0.4, 0.5) is 4.79 Å². The van der Waals surface area contributed by atoms with Gasteiger partial charge in [-0.1, -0.05) is 19.9 Å². The van der Waals surface area contributed by atoms with Crippen molar-refractivity contribution in [2.24, 2.45) is 11.7 Å². The van der Waals surface area contributed by atoms with Crippen LogP contribution in [0.25, 0.3) is 0 Å². The number of fused-ring (bicyclic) bond motifs is 1. The topological polar surface area (TPSA) is 138 Å². The highest BCUT2D eigenvalue weighted by atomic mass is 16.7. The van der Waals surface area contributed by atoms with Gasteiger partial charge in [0.25, 0.3) is 0 Å². The number of aliphatic carboxylic acids is 1. The van der Waals surface area contributed by atoms with Gasteiger partial charge in [-0.3, -0.25) is 9.69 Å². The second-order valence-electron chi connectivity index (χ2n) is 8.92. The third-order valence-corrected chi connectivity index (χ3v) is 4.94. The molecule has 0 saturated heterocycles. The molecule has 1 aliphatic rings. The molecule has 32 heavy (non-hydrogen) atoms. The van der Waals surface area contributed by atoms with Gasteiger partial charge in [-0.25, -0.2) is 9.59 Å². The molecule has 0 aromatic heterocycles. The maximum Gasteiger partial charge on any atom is 0.411 e. The van der Waals surface area contributed by atoms with Crippen molar-refractivity contribution < 1.29 is 38.4 Å². The van der Waals surface area contributed by atoms with Crippen LogP contribution in [0.1, 0.15) is 40.2 Å². The summed E-state index contributed by atoms with van der Waals surface area (Å²) < 4.78 is 21.2. The molecule has 0 fully saturated rings. The molecule has 3 atom stereocenters. The molecular weight excluding hydrogens is 420 g/mol. The zero-order valence-corrected chi connectivity index (χ0v) is 19.3. The van der Waals surface area contributed by atoms with Crippen molar-refractivity contribution in [2.45, 2.75) is 64.8 Å². The number of hydrogen-bond acceptors (Lipinski definition) is 8. The predicted octanol–water partition coefficient (Wildman–Crippen LogP) is 2.17. The van der Waals surface area contributed by atoms with Gasteiger partial charge in [0.2, 0.25) is 6.79 Å². The average molecular weight is 453 g/mol. The van der Waals surface area contributed by atoms with E-state index in [4.69, 9.17) is 24.7 Å². The summed E-state index contributed by atoms with van der Waals surface area (Å²) in [4.78, 5) is 39.0. The number of benzene rings is 1. The molecule has 1 aromatic carbocycles. The molecule has 0 radical (unpaired) electrons. The average Bonchev–Trinajstić information content (AvgIpc) is 3.15. The number of rotatable bonds is 8. The number of hydrogen-bond donors (Lipinski definition) is 2. The lowest BCUT2D eigenvalue weighted by atomic mass is 9.92. The first-order chi connectivity index (χ1) is 14.9. The predicted molar refractivity (Wildman–Crippen MR) is 114 cm³/mol. The zero-order chi connectivity index (χ0) is 24.2. The molecule has 1 amide bonds. The lowest BCUT2D eigenvalue weighted by molar-refractivity contribution is -0.151. The monoisotopic (exact) mass is 452 g/mol. The normalized spacial score (nSPS) is 15.6. The van der Waals surface area contributed by atoms with Crippen LogP contribution < -0.4 is 15.2 Å². The van der Waals surface area contributed by atoms with E-state index in [-0.39, 0.29) is 13.2 Å². The van der Waals surface area contributed by atoms with Crippen molar-refractivity contribution in [2.75, 3.05) is 13.9 Å². The fraction of sp³-hybridized carbons (Fsp3) is 0.591. The highest BCUT2D eigenvalue weighted by Crippen LogP contribution is 2.33. The van der Waals surface area contributed by atoms with Crippen molar-refractivity contribution in [3.63, 3.8) is 0 Å². The molecule has 1 heterocycles. The number of nitrogens with two attached hydrogens (primary N) is 1. The third kappa shape index (κ3) is 6.03. The molecule has 10 heteroatoms.